The van der Waals surface area contributed by atoms with Gasteiger partial charge in [0, 0.05) is 37.4 Å². The summed E-state index contributed by atoms with van der Waals surface area (Å²) in [5, 5.41) is 4.62. The van der Waals surface area contributed by atoms with Crippen LogP contribution in [0.25, 0.3) is 0 Å². The maximum atomic E-state index is 12.5. The van der Waals surface area contributed by atoms with Crippen molar-refractivity contribution in [2.45, 2.75) is 16.9 Å². The third kappa shape index (κ3) is 5.95. The Morgan fingerprint density at radius 3 is 2.56 bits per heavy atom. The summed E-state index contributed by atoms with van der Waals surface area (Å²) in [5.74, 6) is -0.221. The fourth-order valence-electron chi connectivity index (χ4n) is 3.51. The maximum Gasteiger partial charge on any atom is 0.271 e. The van der Waals surface area contributed by atoms with Gasteiger partial charge in [-0.2, -0.15) is 0 Å². The molecule has 1 aromatic heterocycles. The number of amides is 1. The quantitative estimate of drug-likeness (QED) is 0.527. The Labute approximate surface area is 192 Å². The average Bonchev–Trinajstić information content (AvgIpc) is 3.35. The van der Waals surface area contributed by atoms with E-state index in [-0.39, 0.29) is 16.2 Å². The Balaban J connectivity index is 1.27. The fourth-order valence-corrected chi connectivity index (χ4v) is 5.56. The van der Waals surface area contributed by atoms with Gasteiger partial charge in [-0.25, -0.2) is 8.42 Å². The van der Waals surface area contributed by atoms with Crippen LogP contribution in [-0.2, 0) is 21.3 Å². The average molecular weight is 472 g/mol. The van der Waals surface area contributed by atoms with Crippen molar-refractivity contribution in [3.8, 4) is 0 Å². The number of ether oxygens (including phenoxy) is 1. The topological polar surface area (TPSA) is 87.7 Å². The van der Waals surface area contributed by atoms with Crippen LogP contribution in [0.2, 0.25) is 0 Å². The van der Waals surface area contributed by atoms with Crippen molar-refractivity contribution in [1.82, 2.24) is 10.2 Å². The molecule has 2 heterocycles. The van der Waals surface area contributed by atoms with Gasteiger partial charge in [0.2, 0.25) is 0 Å². The summed E-state index contributed by atoms with van der Waals surface area (Å²) in [7, 11) is -3.61. The van der Waals surface area contributed by atoms with Crippen molar-refractivity contribution in [2.24, 2.45) is 0 Å². The molecule has 7 nitrogen and oxygen atoms in total. The van der Waals surface area contributed by atoms with Crippen LogP contribution in [0.3, 0.4) is 0 Å². The van der Waals surface area contributed by atoms with Gasteiger partial charge in [-0.15, -0.1) is 11.3 Å². The highest BCUT2D eigenvalue weighted by molar-refractivity contribution is 7.94. The minimum atomic E-state index is -3.61. The Morgan fingerprint density at radius 1 is 1.06 bits per heavy atom. The summed E-state index contributed by atoms with van der Waals surface area (Å²) >= 11 is 1.15. The minimum Gasteiger partial charge on any atom is -0.374 e. The normalized spacial score (nSPS) is 17.1. The molecule has 0 aliphatic carbocycles. The number of anilines is 1. The number of sulfonamides is 1. The van der Waals surface area contributed by atoms with E-state index in [1.807, 2.05) is 18.2 Å². The molecule has 0 spiro atoms. The number of thiophene rings is 1. The van der Waals surface area contributed by atoms with Gasteiger partial charge in [0.05, 0.1) is 12.7 Å². The smallest absolute Gasteiger partial charge is 0.271 e. The van der Waals surface area contributed by atoms with Gasteiger partial charge >= 0.3 is 0 Å². The number of hydrogen-bond acceptors (Lipinski definition) is 6. The predicted octanol–water partition coefficient (Wildman–Crippen LogP) is 3.18. The Morgan fingerprint density at radius 2 is 1.84 bits per heavy atom. The van der Waals surface area contributed by atoms with E-state index in [2.05, 4.69) is 27.1 Å². The molecule has 1 atom stereocenters. The van der Waals surface area contributed by atoms with Crippen LogP contribution >= 0.6 is 11.3 Å². The first-order valence-corrected chi connectivity index (χ1v) is 12.7. The molecular weight excluding hydrogens is 446 g/mol. The van der Waals surface area contributed by atoms with Gasteiger partial charge in [0.25, 0.3) is 15.9 Å². The molecule has 1 unspecified atom stereocenters. The zero-order chi connectivity index (χ0) is 22.4. The van der Waals surface area contributed by atoms with Crippen LogP contribution in [0.1, 0.15) is 15.9 Å². The second kappa shape index (κ2) is 10.3. The minimum absolute atomic E-state index is 0.0757. The van der Waals surface area contributed by atoms with Crippen molar-refractivity contribution in [1.29, 1.82) is 0 Å². The van der Waals surface area contributed by atoms with Crippen molar-refractivity contribution < 1.29 is 17.9 Å². The molecule has 2 aromatic carbocycles. The lowest BCUT2D eigenvalue weighted by atomic mass is 10.1. The highest BCUT2D eigenvalue weighted by atomic mass is 32.2. The van der Waals surface area contributed by atoms with Crippen molar-refractivity contribution in [2.75, 3.05) is 31.0 Å². The zero-order valence-corrected chi connectivity index (χ0v) is 19.1. The number of hydrogen-bond donors (Lipinski definition) is 2. The third-order valence-corrected chi connectivity index (χ3v) is 7.90. The SMILES string of the molecule is O=C(NCC1CN(Cc2ccccc2)CCO1)c1ccc(NS(=O)(=O)c2cccs2)cc1. The first-order valence-electron chi connectivity index (χ1n) is 10.3. The highest BCUT2D eigenvalue weighted by Crippen LogP contribution is 2.20. The van der Waals surface area contributed by atoms with E-state index in [9.17, 15) is 13.2 Å². The second-order valence-electron chi connectivity index (χ2n) is 7.54. The molecule has 1 aliphatic heterocycles. The number of morpholine rings is 1. The first-order chi connectivity index (χ1) is 15.5. The van der Waals surface area contributed by atoms with Crippen LogP contribution in [-0.4, -0.2) is 51.6 Å². The number of nitrogens with zero attached hydrogens (tertiary/aromatic N) is 1. The van der Waals surface area contributed by atoms with Crippen molar-refractivity contribution in [3.63, 3.8) is 0 Å². The van der Waals surface area contributed by atoms with Crippen LogP contribution in [0, 0.1) is 0 Å². The second-order valence-corrected chi connectivity index (χ2v) is 10.4. The molecule has 2 N–H and O–H groups in total. The molecular formula is C23H25N3O4S2. The Kier molecular flexibility index (Phi) is 7.21. The summed E-state index contributed by atoms with van der Waals surface area (Å²) in [5.41, 5.74) is 2.12. The molecule has 3 aromatic rings. The van der Waals surface area contributed by atoms with Gasteiger partial charge in [0.15, 0.2) is 0 Å². The molecule has 4 rings (SSSR count). The number of rotatable bonds is 8. The van der Waals surface area contributed by atoms with Gasteiger partial charge < -0.3 is 10.1 Å². The standard InChI is InChI=1S/C23H25N3O4S2/c27-23(19-8-10-20(11-9-19)25-32(28,29)22-7-4-14-31-22)24-15-21-17-26(12-13-30-21)16-18-5-2-1-3-6-18/h1-11,14,21,25H,12-13,15-17H2,(H,24,27). The lowest BCUT2D eigenvalue weighted by molar-refractivity contribution is -0.0292. The van der Waals surface area contributed by atoms with E-state index in [1.165, 1.54) is 5.56 Å². The number of benzene rings is 2. The molecule has 1 aliphatic rings. The number of nitrogens with one attached hydrogen (secondary N) is 2. The molecule has 0 saturated carbocycles. The van der Waals surface area contributed by atoms with E-state index in [0.717, 1.165) is 31.0 Å². The molecule has 168 valence electrons. The largest absolute Gasteiger partial charge is 0.374 e. The molecule has 9 heteroatoms. The van der Waals surface area contributed by atoms with Crippen LogP contribution < -0.4 is 10.0 Å². The van der Waals surface area contributed by atoms with Crippen molar-refractivity contribution >= 4 is 33.0 Å². The van der Waals surface area contributed by atoms with E-state index in [1.54, 1.807) is 41.8 Å². The molecule has 32 heavy (non-hydrogen) atoms. The molecule has 1 fully saturated rings. The summed E-state index contributed by atoms with van der Waals surface area (Å²) in [6.07, 6.45) is -0.0757. The van der Waals surface area contributed by atoms with E-state index >= 15 is 0 Å². The van der Waals surface area contributed by atoms with E-state index in [0.29, 0.717) is 24.4 Å². The summed E-state index contributed by atoms with van der Waals surface area (Å²) < 4.78 is 33.2. The summed E-state index contributed by atoms with van der Waals surface area (Å²) in [6.45, 7) is 3.52. The monoisotopic (exact) mass is 471 g/mol. The number of carbonyl (C=O) groups excluding carboxylic acids is 1. The van der Waals surface area contributed by atoms with Crippen LogP contribution in [0.5, 0.6) is 0 Å². The highest BCUT2D eigenvalue weighted by Gasteiger charge is 2.21. The molecule has 1 saturated heterocycles. The molecule has 1 amide bonds. The first kappa shape index (κ1) is 22.5. The lowest BCUT2D eigenvalue weighted by Gasteiger charge is -2.33. The lowest BCUT2D eigenvalue weighted by Crippen LogP contribution is -2.47. The number of carbonyl (C=O) groups is 1. The summed E-state index contributed by atoms with van der Waals surface area (Å²) in [6, 6.07) is 19.9. The summed E-state index contributed by atoms with van der Waals surface area (Å²) in [4.78, 5) is 14.8. The Bertz CT molecular complexity index is 1120. The zero-order valence-electron chi connectivity index (χ0n) is 17.4. The van der Waals surface area contributed by atoms with E-state index < -0.39 is 10.0 Å². The molecule has 0 radical (unpaired) electrons. The van der Waals surface area contributed by atoms with Gasteiger partial charge in [-0.05, 0) is 41.3 Å². The van der Waals surface area contributed by atoms with Crippen molar-refractivity contribution in [3.05, 3.63) is 83.2 Å². The van der Waals surface area contributed by atoms with E-state index in [4.69, 9.17) is 4.74 Å². The van der Waals surface area contributed by atoms with Gasteiger partial charge in [-0.1, -0.05) is 36.4 Å². The third-order valence-electron chi connectivity index (χ3n) is 5.12. The fraction of sp³-hybridized carbons (Fsp3) is 0.261. The van der Waals surface area contributed by atoms with Gasteiger partial charge in [-0.3, -0.25) is 14.4 Å². The van der Waals surface area contributed by atoms with Crippen LogP contribution in [0.4, 0.5) is 5.69 Å². The Hall–Kier alpha value is -2.72. The van der Waals surface area contributed by atoms with Gasteiger partial charge in [0.1, 0.15) is 4.21 Å². The predicted molar refractivity (Wildman–Crippen MR) is 125 cm³/mol. The maximum absolute atomic E-state index is 12.5. The molecule has 0 bridgehead atoms. The van der Waals surface area contributed by atoms with Crippen LogP contribution in [0.15, 0.2) is 76.3 Å².